The highest BCUT2D eigenvalue weighted by atomic mass is 16.5. The van der Waals surface area contributed by atoms with Gasteiger partial charge >= 0.3 is 0 Å². The lowest BCUT2D eigenvalue weighted by molar-refractivity contribution is 0.310. The van der Waals surface area contributed by atoms with E-state index in [9.17, 15) is 5.11 Å². The quantitative estimate of drug-likeness (QED) is 0.897. The first-order chi connectivity index (χ1) is 9.78. The summed E-state index contributed by atoms with van der Waals surface area (Å²) < 4.78 is 10.7. The van der Waals surface area contributed by atoms with Crippen molar-refractivity contribution in [1.29, 1.82) is 0 Å². The Hall–Kier alpha value is -2.20. The van der Waals surface area contributed by atoms with Gasteiger partial charge in [-0.05, 0) is 23.8 Å². The normalized spacial score (nSPS) is 16.6. The number of fused-ring (bicyclic) bond motifs is 1. The molecule has 2 N–H and O–H groups in total. The van der Waals surface area contributed by atoms with Crippen LogP contribution < -0.4 is 14.8 Å². The SMILES string of the molecule is COc1ccc(CNC2COc3ccccc32)cc1O. The third-order valence-electron chi connectivity index (χ3n) is 3.50. The molecule has 0 aliphatic carbocycles. The maximum absolute atomic E-state index is 9.76. The minimum absolute atomic E-state index is 0.162. The van der Waals surface area contributed by atoms with Crippen molar-refractivity contribution in [3.8, 4) is 17.2 Å². The number of aromatic hydroxyl groups is 1. The number of hydrogen-bond donors (Lipinski definition) is 2. The largest absolute Gasteiger partial charge is 0.504 e. The Morgan fingerprint density at radius 2 is 2.15 bits per heavy atom. The molecule has 0 amide bonds. The monoisotopic (exact) mass is 271 g/mol. The molecule has 2 aromatic rings. The molecule has 0 spiro atoms. The molecule has 0 fully saturated rings. The van der Waals surface area contributed by atoms with Gasteiger partial charge in [-0.2, -0.15) is 0 Å². The Morgan fingerprint density at radius 1 is 1.30 bits per heavy atom. The average molecular weight is 271 g/mol. The highest BCUT2D eigenvalue weighted by molar-refractivity contribution is 5.42. The lowest BCUT2D eigenvalue weighted by Gasteiger charge is -2.12. The standard InChI is InChI=1S/C16H17NO3/c1-19-16-7-6-11(8-14(16)18)9-17-13-10-20-15-5-3-2-4-12(13)15/h2-8,13,17-18H,9-10H2,1H3. The van der Waals surface area contributed by atoms with Crippen LogP contribution in [0.4, 0.5) is 0 Å². The Balaban J connectivity index is 1.67. The van der Waals surface area contributed by atoms with Crippen LogP contribution in [0.5, 0.6) is 17.2 Å². The van der Waals surface area contributed by atoms with Crippen molar-refractivity contribution in [2.75, 3.05) is 13.7 Å². The van der Waals surface area contributed by atoms with Gasteiger partial charge < -0.3 is 19.9 Å². The van der Waals surface area contributed by atoms with Crippen LogP contribution in [-0.4, -0.2) is 18.8 Å². The minimum Gasteiger partial charge on any atom is -0.504 e. The molecule has 0 aromatic heterocycles. The number of hydrogen-bond acceptors (Lipinski definition) is 4. The van der Waals surface area contributed by atoms with Gasteiger partial charge in [0.2, 0.25) is 0 Å². The van der Waals surface area contributed by atoms with E-state index in [0.717, 1.165) is 11.3 Å². The van der Waals surface area contributed by atoms with Gasteiger partial charge in [0.1, 0.15) is 12.4 Å². The Morgan fingerprint density at radius 3 is 2.95 bits per heavy atom. The van der Waals surface area contributed by atoms with Gasteiger partial charge in [0.25, 0.3) is 0 Å². The molecule has 1 aliphatic heterocycles. The van der Waals surface area contributed by atoms with Crippen molar-refractivity contribution >= 4 is 0 Å². The second kappa shape index (κ2) is 5.43. The van der Waals surface area contributed by atoms with Crippen molar-refractivity contribution in [2.45, 2.75) is 12.6 Å². The molecule has 1 aliphatic rings. The van der Waals surface area contributed by atoms with E-state index in [0.29, 0.717) is 18.9 Å². The second-order valence-electron chi connectivity index (χ2n) is 4.79. The lowest BCUT2D eigenvalue weighted by atomic mass is 10.1. The van der Waals surface area contributed by atoms with Crippen LogP contribution in [0, 0.1) is 0 Å². The number of ether oxygens (including phenoxy) is 2. The van der Waals surface area contributed by atoms with Crippen LogP contribution in [0.1, 0.15) is 17.2 Å². The zero-order chi connectivity index (χ0) is 13.9. The highest BCUT2D eigenvalue weighted by Crippen LogP contribution is 2.32. The molecule has 20 heavy (non-hydrogen) atoms. The molecular formula is C16H17NO3. The molecule has 2 aromatic carbocycles. The summed E-state index contributed by atoms with van der Waals surface area (Å²) in [5, 5.41) is 13.2. The molecular weight excluding hydrogens is 254 g/mol. The van der Waals surface area contributed by atoms with Gasteiger partial charge in [0.15, 0.2) is 11.5 Å². The van der Waals surface area contributed by atoms with Gasteiger partial charge in [-0.25, -0.2) is 0 Å². The van der Waals surface area contributed by atoms with Crippen molar-refractivity contribution in [3.63, 3.8) is 0 Å². The fourth-order valence-electron chi connectivity index (χ4n) is 2.42. The van der Waals surface area contributed by atoms with E-state index in [1.807, 2.05) is 24.3 Å². The number of nitrogens with one attached hydrogen (secondary N) is 1. The summed E-state index contributed by atoms with van der Waals surface area (Å²) in [6.45, 7) is 1.31. The second-order valence-corrected chi connectivity index (χ2v) is 4.79. The first-order valence-corrected chi connectivity index (χ1v) is 6.59. The molecule has 0 saturated heterocycles. The molecule has 0 bridgehead atoms. The van der Waals surface area contributed by atoms with Gasteiger partial charge in [-0.3, -0.25) is 0 Å². The summed E-state index contributed by atoms with van der Waals surface area (Å²) in [6.07, 6.45) is 0. The van der Waals surface area contributed by atoms with Crippen LogP contribution in [0.2, 0.25) is 0 Å². The summed E-state index contributed by atoms with van der Waals surface area (Å²) in [5.41, 5.74) is 2.19. The van der Waals surface area contributed by atoms with Gasteiger partial charge in [-0.1, -0.05) is 24.3 Å². The number of benzene rings is 2. The summed E-state index contributed by atoms with van der Waals surface area (Å²) in [5.74, 6) is 1.60. The first kappa shape index (κ1) is 12.8. The topological polar surface area (TPSA) is 50.7 Å². The molecule has 4 nitrogen and oxygen atoms in total. The van der Waals surface area contributed by atoms with Crippen molar-refractivity contribution in [2.24, 2.45) is 0 Å². The summed E-state index contributed by atoms with van der Waals surface area (Å²) in [7, 11) is 1.54. The highest BCUT2D eigenvalue weighted by Gasteiger charge is 2.22. The Labute approximate surface area is 118 Å². The summed E-state index contributed by atoms with van der Waals surface area (Å²) in [6, 6.07) is 13.7. The lowest BCUT2D eigenvalue weighted by Crippen LogP contribution is -2.21. The summed E-state index contributed by atoms with van der Waals surface area (Å²) in [4.78, 5) is 0. The molecule has 1 atom stereocenters. The van der Waals surface area contributed by atoms with E-state index in [-0.39, 0.29) is 11.8 Å². The number of phenols is 1. The first-order valence-electron chi connectivity index (χ1n) is 6.59. The van der Waals surface area contributed by atoms with Gasteiger partial charge in [0.05, 0.1) is 13.2 Å². The van der Waals surface area contributed by atoms with Crippen LogP contribution in [0.3, 0.4) is 0 Å². The zero-order valence-electron chi connectivity index (χ0n) is 11.3. The molecule has 1 heterocycles. The van der Waals surface area contributed by atoms with E-state index < -0.39 is 0 Å². The zero-order valence-corrected chi connectivity index (χ0v) is 11.3. The van der Waals surface area contributed by atoms with Crippen LogP contribution in [0.25, 0.3) is 0 Å². The van der Waals surface area contributed by atoms with E-state index in [2.05, 4.69) is 11.4 Å². The number of rotatable bonds is 4. The Bertz CT molecular complexity index is 612. The molecule has 104 valence electrons. The molecule has 4 heteroatoms. The van der Waals surface area contributed by atoms with Gasteiger partial charge in [0, 0.05) is 12.1 Å². The van der Waals surface area contributed by atoms with Crippen LogP contribution in [0.15, 0.2) is 42.5 Å². The minimum atomic E-state index is 0.162. The Kier molecular flexibility index (Phi) is 3.48. The van der Waals surface area contributed by atoms with E-state index in [4.69, 9.17) is 9.47 Å². The predicted octanol–water partition coefficient (Wildman–Crippen LogP) is 2.62. The maximum Gasteiger partial charge on any atom is 0.160 e. The van der Waals surface area contributed by atoms with E-state index in [1.54, 1.807) is 19.2 Å². The third kappa shape index (κ3) is 2.42. The molecule has 0 saturated carbocycles. The number of para-hydroxylation sites is 1. The van der Waals surface area contributed by atoms with E-state index in [1.165, 1.54) is 5.56 Å². The van der Waals surface area contributed by atoms with Crippen molar-refractivity contribution in [3.05, 3.63) is 53.6 Å². The molecule has 0 radical (unpaired) electrons. The number of methoxy groups -OCH3 is 1. The third-order valence-corrected chi connectivity index (χ3v) is 3.50. The van der Waals surface area contributed by atoms with E-state index >= 15 is 0 Å². The molecule has 3 rings (SSSR count). The van der Waals surface area contributed by atoms with Crippen molar-refractivity contribution in [1.82, 2.24) is 5.32 Å². The van der Waals surface area contributed by atoms with Gasteiger partial charge in [-0.15, -0.1) is 0 Å². The summed E-state index contributed by atoms with van der Waals surface area (Å²) >= 11 is 0. The van der Waals surface area contributed by atoms with Crippen molar-refractivity contribution < 1.29 is 14.6 Å². The smallest absolute Gasteiger partial charge is 0.160 e. The fraction of sp³-hybridized carbons (Fsp3) is 0.250. The van der Waals surface area contributed by atoms with Crippen LogP contribution >= 0.6 is 0 Å². The average Bonchev–Trinajstić information content (AvgIpc) is 2.88. The predicted molar refractivity (Wildman–Crippen MR) is 76.2 cm³/mol. The fourth-order valence-corrected chi connectivity index (χ4v) is 2.42. The molecule has 1 unspecified atom stereocenters. The number of phenolic OH excluding ortho intramolecular Hbond substituents is 1. The van der Waals surface area contributed by atoms with Crippen LogP contribution in [-0.2, 0) is 6.54 Å². The maximum atomic E-state index is 9.76.